The van der Waals surface area contributed by atoms with Crippen LogP contribution < -0.4 is 5.32 Å². The van der Waals surface area contributed by atoms with Crippen molar-refractivity contribution in [1.29, 1.82) is 0 Å². The lowest BCUT2D eigenvalue weighted by molar-refractivity contribution is -0.137. The summed E-state index contributed by atoms with van der Waals surface area (Å²) in [6.45, 7) is 6.05. The number of hydrogen-bond acceptors (Lipinski definition) is 3. The van der Waals surface area contributed by atoms with Crippen molar-refractivity contribution in [2.45, 2.75) is 39.7 Å². The van der Waals surface area contributed by atoms with Gasteiger partial charge in [-0.25, -0.2) is 0 Å². The highest BCUT2D eigenvalue weighted by molar-refractivity contribution is 9.10. The van der Waals surface area contributed by atoms with Gasteiger partial charge in [0.1, 0.15) is 0 Å². The average Bonchev–Trinajstić information content (AvgIpc) is 2.68. The first-order chi connectivity index (χ1) is 8.39. The molecule has 1 aromatic rings. The fourth-order valence-electron chi connectivity index (χ4n) is 1.66. The van der Waals surface area contributed by atoms with Crippen LogP contribution in [0, 0.1) is 5.41 Å². The Morgan fingerprint density at radius 3 is 2.78 bits per heavy atom. The topological polar surface area (TPSA) is 49.3 Å². The Balaban J connectivity index is 2.18. The molecule has 0 saturated carbocycles. The Kier molecular flexibility index (Phi) is 6.32. The van der Waals surface area contributed by atoms with E-state index in [-0.39, 0.29) is 11.8 Å². The third-order valence-corrected chi connectivity index (χ3v) is 4.61. The number of rotatable bonds is 8. The van der Waals surface area contributed by atoms with Crippen LogP contribution in [0.4, 0.5) is 0 Å². The molecule has 0 aliphatic rings. The van der Waals surface area contributed by atoms with Crippen LogP contribution in [0.3, 0.4) is 0 Å². The molecule has 1 rings (SSSR count). The highest BCUT2D eigenvalue weighted by Gasteiger charge is 2.18. The van der Waals surface area contributed by atoms with Crippen LogP contribution in [0.2, 0.25) is 0 Å². The summed E-state index contributed by atoms with van der Waals surface area (Å²) in [4.78, 5) is 11.9. The monoisotopic (exact) mass is 333 g/mol. The lowest BCUT2D eigenvalue weighted by atomic mass is 9.84. The van der Waals surface area contributed by atoms with Crippen LogP contribution in [0.5, 0.6) is 0 Å². The highest BCUT2D eigenvalue weighted by Crippen LogP contribution is 2.26. The van der Waals surface area contributed by atoms with Crippen molar-refractivity contribution in [2.75, 3.05) is 6.54 Å². The van der Waals surface area contributed by atoms with E-state index in [4.69, 9.17) is 5.11 Å². The summed E-state index contributed by atoms with van der Waals surface area (Å²) < 4.78 is 1.13. The summed E-state index contributed by atoms with van der Waals surface area (Å²) in [5.74, 6) is -0.709. The third-order valence-electron chi connectivity index (χ3n) is 2.92. The van der Waals surface area contributed by atoms with Crippen molar-refractivity contribution in [3.8, 4) is 0 Å². The number of carbonyl (C=O) groups is 1. The molecule has 0 amide bonds. The van der Waals surface area contributed by atoms with Crippen molar-refractivity contribution < 1.29 is 9.90 Å². The molecule has 18 heavy (non-hydrogen) atoms. The van der Waals surface area contributed by atoms with Crippen LogP contribution in [0.1, 0.15) is 38.0 Å². The van der Waals surface area contributed by atoms with Crippen molar-refractivity contribution >= 4 is 33.2 Å². The molecule has 5 heteroatoms. The SMILES string of the molecule is CC(C)(CCNCc1cc(Br)cs1)CCC(=O)O. The Hall–Kier alpha value is -0.390. The van der Waals surface area contributed by atoms with E-state index in [1.165, 1.54) is 4.88 Å². The molecule has 3 nitrogen and oxygen atoms in total. The molecular weight excluding hydrogens is 314 g/mol. The highest BCUT2D eigenvalue weighted by atomic mass is 79.9. The first-order valence-electron chi connectivity index (χ1n) is 6.04. The Bertz CT molecular complexity index is 390. The van der Waals surface area contributed by atoms with Crippen molar-refractivity contribution in [3.63, 3.8) is 0 Å². The van der Waals surface area contributed by atoms with E-state index in [0.29, 0.717) is 0 Å². The molecule has 0 unspecified atom stereocenters. The Morgan fingerprint density at radius 2 is 2.22 bits per heavy atom. The van der Waals surface area contributed by atoms with Crippen molar-refractivity contribution in [2.24, 2.45) is 5.41 Å². The van der Waals surface area contributed by atoms with Gasteiger partial charge in [0.2, 0.25) is 0 Å². The minimum Gasteiger partial charge on any atom is -0.481 e. The molecule has 0 spiro atoms. The van der Waals surface area contributed by atoms with Gasteiger partial charge in [0.15, 0.2) is 0 Å². The largest absolute Gasteiger partial charge is 0.481 e. The lowest BCUT2D eigenvalue weighted by Gasteiger charge is -2.23. The lowest BCUT2D eigenvalue weighted by Crippen LogP contribution is -2.22. The van der Waals surface area contributed by atoms with E-state index >= 15 is 0 Å². The first-order valence-corrected chi connectivity index (χ1v) is 7.72. The predicted octanol–water partition coefficient (Wildman–Crippen LogP) is 3.88. The Morgan fingerprint density at radius 1 is 1.50 bits per heavy atom. The summed E-state index contributed by atoms with van der Waals surface area (Å²) in [5.41, 5.74) is 0.0847. The van der Waals surface area contributed by atoms with E-state index in [2.05, 4.69) is 46.5 Å². The fourth-order valence-corrected chi connectivity index (χ4v) is 3.08. The van der Waals surface area contributed by atoms with E-state index in [9.17, 15) is 4.79 Å². The maximum atomic E-state index is 10.5. The smallest absolute Gasteiger partial charge is 0.303 e. The number of aliphatic carboxylic acids is 1. The maximum absolute atomic E-state index is 10.5. The molecule has 102 valence electrons. The summed E-state index contributed by atoms with van der Waals surface area (Å²) in [5, 5.41) is 14.2. The van der Waals surface area contributed by atoms with Crippen molar-refractivity contribution in [3.05, 3.63) is 20.8 Å². The zero-order chi connectivity index (χ0) is 13.6. The van der Waals surface area contributed by atoms with Crippen LogP contribution in [-0.2, 0) is 11.3 Å². The quantitative estimate of drug-likeness (QED) is 0.709. The van der Waals surface area contributed by atoms with E-state index in [1.807, 2.05) is 0 Å². The minimum atomic E-state index is -0.709. The molecular formula is C13H20BrNO2S. The van der Waals surface area contributed by atoms with E-state index in [1.54, 1.807) is 11.3 Å². The van der Waals surface area contributed by atoms with Gasteiger partial charge in [-0.05, 0) is 46.8 Å². The molecule has 0 saturated heterocycles. The summed E-state index contributed by atoms with van der Waals surface area (Å²) >= 11 is 5.17. The van der Waals surface area contributed by atoms with Crippen molar-refractivity contribution in [1.82, 2.24) is 5.32 Å². The number of halogens is 1. The number of carboxylic acid groups (broad SMARTS) is 1. The summed E-state index contributed by atoms with van der Waals surface area (Å²) in [6, 6.07) is 2.12. The fraction of sp³-hybridized carbons (Fsp3) is 0.615. The van der Waals surface area contributed by atoms with Crippen LogP contribution >= 0.6 is 27.3 Å². The molecule has 1 aromatic heterocycles. The summed E-state index contributed by atoms with van der Waals surface area (Å²) in [7, 11) is 0. The molecule has 1 heterocycles. The van der Waals surface area contributed by atoms with E-state index < -0.39 is 5.97 Å². The molecule has 0 aromatic carbocycles. The van der Waals surface area contributed by atoms with Gasteiger partial charge in [-0.3, -0.25) is 4.79 Å². The standard InChI is InChI=1S/C13H20BrNO2S/c1-13(2,4-3-12(16)17)5-6-15-8-11-7-10(14)9-18-11/h7,9,15H,3-6,8H2,1-2H3,(H,16,17). The number of carboxylic acids is 1. The Labute approximate surface area is 121 Å². The van der Waals surface area contributed by atoms with Crippen LogP contribution in [0.25, 0.3) is 0 Å². The number of nitrogens with one attached hydrogen (secondary N) is 1. The molecule has 2 N–H and O–H groups in total. The van der Waals surface area contributed by atoms with Gasteiger partial charge >= 0.3 is 5.97 Å². The molecule has 0 fully saturated rings. The molecule has 0 aliphatic heterocycles. The van der Waals surface area contributed by atoms with Gasteiger partial charge in [0.25, 0.3) is 0 Å². The second-order valence-electron chi connectivity index (χ2n) is 5.22. The molecule has 0 atom stereocenters. The van der Waals surface area contributed by atoms with Gasteiger partial charge in [0, 0.05) is 27.7 Å². The number of hydrogen-bond donors (Lipinski definition) is 2. The number of thiophene rings is 1. The zero-order valence-electron chi connectivity index (χ0n) is 10.8. The van der Waals surface area contributed by atoms with Gasteiger partial charge in [0.05, 0.1) is 0 Å². The minimum absolute atomic E-state index is 0.0847. The predicted molar refractivity (Wildman–Crippen MR) is 79.0 cm³/mol. The van der Waals surface area contributed by atoms with E-state index in [0.717, 1.165) is 30.4 Å². The van der Waals surface area contributed by atoms with Gasteiger partial charge in [-0.15, -0.1) is 11.3 Å². The van der Waals surface area contributed by atoms with Crippen LogP contribution in [0.15, 0.2) is 15.9 Å². The van der Waals surface area contributed by atoms with Gasteiger partial charge < -0.3 is 10.4 Å². The maximum Gasteiger partial charge on any atom is 0.303 e. The second-order valence-corrected chi connectivity index (χ2v) is 7.13. The van der Waals surface area contributed by atoms with Gasteiger partial charge in [-0.1, -0.05) is 13.8 Å². The van der Waals surface area contributed by atoms with Gasteiger partial charge in [-0.2, -0.15) is 0 Å². The van der Waals surface area contributed by atoms with Crippen LogP contribution in [-0.4, -0.2) is 17.6 Å². The first kappa shape index (κ1) is 15.7. The zero-order valence-corrected chi connectivity index (χ0v) is 13.2. The average molecular weight is 334 g/mol. The second kappa shape index (κ2) is 7.26. The molecule has 0 aliphatic carbocycles. The summed E-state index contributed by atoms with van der Waals surface area (Å²) in [6.07, 6.45) is 1.98. The molecule has 0 bridgehead atoms. The third kappa shape index (κ3) is 6.52. The molecule has 0 radical (unpaired) electrons. The normalized spacial score (nSPS) is 11.7.